The van der Waals surface area contributed by atoms with Crippen molar-refractivity contribution in [1.82, 2.24) is 9.97 Å². The molecule has 0 unspecified atom stereocenters. The number of aromatic nitrogens is 2. The molecule has 25 heavy (non-hydrogen) atoms. The van der Waals surface area contributed by atoms with Crippen LogP contribution >= 0.6 is 22.7 Å². The van der Waals surface area contributed by atoms with E-state index in [1.807, 2.05) is 12.3 Å². The quantitative estimate of drug-likeness (QED) is 0.708. The topological polar surface area (TPSA) is 99.4 Å². The number of thiazole rings is 2. The predicted octanol–water partition coefficient (Wildman–Crippen LogP) is 3.43. The number of nitrogens with two attached hydrogens (primary N) is 1. The third-order valence-corrected chi connectivity index (χ3v) is 5.20. The number of nitrogen functional groups attached to an aromatic ring is 1. The van der Waals surface area contributed by atoms with Gasteiger partial charge in [-0.2, -0.15) is 0 Å². The van der Waals surface area contributed by atoms with E-state index < -0.39 is 0 Å². The standard InChI is InChI=1S/C16H16N4O3S2/c1-8-13(9-7-24-15(17)19-9)25-16(18-8)20-14(21)12-10(22-2)5-4-6-11(12)23-3/h4-7H,1-3H3,(H2,17,19)(H,18,20,21). The molecule has 0 saturated heterocycles. The maximum absolute atomic E-state index is 12.7. The summed E-state index contributed by atoms with van der Waals surface area (Å²) in [5, 5.41) is 5.63. The second-order valence-corrected chi connectivity index (χ2v) is 6.88. The van der Waals surface area contributed by atoms with Gasteiger partial charge < -0.3 is 15.2 Å². The number of nitrogens with one attached hydrogen (secondary N) is 1. The summed E-state index contributed by atoms with van der Waals surface area (Å²) < 4.78 is 10.5. The Hall–Kier alpha value is -2.65. The van der Waals surface area contributed by atoms with Crippen molar-refractivity contribution in [3.05, 3.63) is 34.8 Å². The van der Waals surface area contributed by atoms with Crippen molar-refractivity contribution in [3.63, 3.8) is 0 Å². The number of hydrogen-bond acceptors (Lipinski definition) is 8. The van der Waals surface area contributed by atoms with Gasteiger partial charge in [0.05, 0.1) is 30.5 Å². The highest BCUT2D eigenvalue weighted by Crippen LogP contribution is 2.35. The highest BCUT2D eigenvalue weighted by Gasteiger charge is 2.20. The number of anilines is 2. The van der Waals surface area contributed by atoms with Crippen LogP contribution in [0.3, 0.4) is 0 Å². The molecular weight excluding hydrogens is 360 g/mol. The first-order valence-electron chi connectivity index (χ1n) is 7.24. The molecule has 0 aliphatic rings. The summed E-state index contributed by atoms with van der Waals surface area (Å²) in [5.41, 5.74) is 7.54. The molecule has 0 aliphatic heterocycles. The van der Waals surface area contributed by atoms with Crippen molar-refractivity contribution in [1.29, 1.82) is 0 Å². The fourth-order valence-electron chi connectivity index (χ4n) is 2.31. The van der Waals surface area contributed by atoms with E-state index >= 15 is 0 Å². The van der Waals surface area contributed by atoms with E-state index in [4.69, 9.17) is 15.2 Å². The van der Waals surface area contributed by atoms with E-state index in [-0.39, 0.29) is 5.91 Å². The molecule has 0 aliphatic carbocycles. The Morgan fingerprint density at radius 1 is 1.20 bits per heavy atom. The molecular formula is C16H16N4O3S2. The van der Waals surface area contributed by atoms with Gasteiger partial charge in [-0.05, 0) is 19.1 Å². The van der Waals surface area contributed by atoms with Crippen LogP contribution in [0.5, 0.6) is 11.5 Å². The Kier molecular flexibility index (Phi) is 4.86. The summed E-state index contributed by atoms with van der Waals surface area (Å²) in [7, 11) is 3.01. The van der Waals surface area contributed by atoms with E-state index in [0.29, 0.717) is 27.3 Å². The lowest BCUT2D eigenvalue weighted by Gasteiger charge is -2.11. The summed E-state index contributed by atoms with van der Waals surface area (Å²) in [6.45, 7) is 1.86. The van der Waals surface area contributed by atoms with Crippen molar-refractivity contribution in [2.24, 2.45) is 0 Å². The fraction of sp³-hybridized carbons (Fsp3) is 0.188. The summed E-state index contributed by atoms with van der Waals surface area (Å²) in [5.74, 6) is 0.502. The number of rotatable bonds is 5. The molecule has 0 bridgehead atoms. The average Bonchev–Trinajstić information content (AvgIpc) is 3.19. The van der Waals surface area contributed by atoms with Gasteiger partial charge in [-0.1, -0.05) is 17.4 Å². The van der Waals surface area contributed by atoms with Gasteiger partial charge in [0.1, 0.15) is 17.1 Å². The van der Waals surface area contributed by atoms with Gasteiger partial charge >= 0.3 is 0 Å². The van der Waals surface area contributed by atoms with Crippen LogP contribution in [0.15, 0.2) is 23.6 Å². The van der Waals surface area contributed by atoms with E-state index in [1.54, 1.807) is 18.2 Å². The Morgan fingerprint density at radius 3 is 2.44 bits per heavy atom. The van der Waals surface area contributed by atoms with Crippen molar-refractivity contribution >= 4 is 38.8 Å². The van der Waals surface area contributed by atoms with Crippen LogP contribution in [0.1, 0.15) is 16.1 Å². The smallest absolute Gasteiger partial charge is 0.265 e. The zero-order chi connectivity index (χ0) is 18.0. The van der Waals surface area contributed by atoms with Crippen molar-refractivity contribution in [2.75, 3.05) is 25.3 Å². The van der Waals surface area contributed by atoms with Crippen molar-refractivity contribution in [3.8, 4) is 22.1 Å². The van der Waals surface area contributed by atoms with Gasteiger partial charge in [-0.15, -0.1) is 11.3 Å². The minimum absolute atomic E-state index is 0.319. The summed E-state index contributed by atoms with van der Waals surface area (Å²) in [6, 6.07) is 5.16. The van der Waals surface area contributed by atoms with Crippen LogP contribution < -0.4 is 20.5 Å². The maximum Gasteiger partial charge on any atom is 0.265 e. The number of carbonyl (C=O) groups excluding carboxylic acids is 1. The van der Waals surface area contributed by atoms with E-state index in [1.165, 1.54) is 36.9 Å². The minimum Gasteiger partial charge on any atom is -0.496 e. The number of benzene rings is 1. The van der Waals surface area contributed by atoms with E-state index in [9.17, 15) is 4.79 Å². The number of ether oxygens (including phenoxy) is 2. The summed E-state index contributed by atoms with van der Waals surface area (Å²) >= 11 is 2.70. The van der Waals surface area contributed by atoms with Crippen LogP contribution in [-0.2, 0) is 0 Å². The molecule has 3 N–H and O–H groups in total. The third-order valence-electron chi connectivity index (χ3n) is 3.43. The second kappa shape index (κ2) is 7.08. The third kappa shape index (κ3) is 3.42. The largest absolute Gasteiger partial charge is 0.496 e. The second-order valence-electron chi connectivity index (χ2n) is 5.00. The van der Waals surface area contributed by atoms with Crippen molar-refractivity contribution < 1.29 is 14.3 Å². The molecule has 0 spiro atoms. The van der Waals surface area contributed by atoms with Crippen LogP contribution in [0, 0.1) is 6.92 Å². The van der Waals surface area contributed by atoms with Crippen LogP contribution in [0.2, 0.25) is 0 Å². The number of nitrogens with zero attached hydrogens (tertiary/aromatic N) is 2. The number of methoxy groups -OCH3 is 2. The number of carbonyl (C=O) groups is 1. The van der Waals surface area contributed by atoms with Crippen LogP contribution in [-0.4, -0.2) is 30.1 Å². The van der Waals surface area contributed by atoms with Gasteiger partial charge in [0.15, 0.2) is 10.3 Å². The first kappa shape index (κ1) is 17.2. The average molecular weight is 376 g/mol. The zero-order valence-electron chi connectivity index (χ0n) is 13.8. The summed E-state index contributed by atoms with van der Waals surface area (Å²) in [4.78, 5) is 22.2. The van der Waals surface area contributed by atoms with E-state index in [2.05, 4.69) is 15.3 Å². The monoisotopic (exact) mass is 376 g/mol. The first-order valence-corrected chi connectivity index (χ1v) is 8.94. The lowest BCUT2D eigenvalue weighted by molar-refractivity contribution is 0.102. The molecule has 1 aromatic carbocycles. The number of aryl methyl sites for hydroxylation is 1. The molecule has 0 atom stereocenters. The number of amides is 1. The lowest BCUT2D eigenvalue weighted by atomic mass is 10.1. The first-order chi connectivity index (χ1) is 12.0. The molecule has 0 fully saturated rings. The van der Waals surface area contributed by atoms with E-state index in [0.717, 1.165) is 16.3 Å². The molecule has 1 amide bonds. The molecule has 0 radical (unpaired) electrons. The predicted molar refractivity (Wildman–Crippen MR) is 99.9 cm³/mol. The summed E-state index contributed by atoms with van der Waals surface area (Å²) in [6.07, 6.45) is 0. The molecule has 7 nitrogen and oxygen atoms in total. The van der Waals surface area contributed by atoms with Gasteiger partial charge in [0.2, 0.25) is 0 Å². The van der Waals surface area contributed by atoms with Crippen molar-refractivity contribution in [2.45, 2.75) is 6.92 Å². The van der Waals surface area contributed by atoms with Gasteiger partial charge in [0, 0.05) is 5.38 Å². The van der Waals surface area contributed by atoms with Crippen LogP contribution in [0.25, 0.3) is 10.6 Å². The Morgan fingerprint density at radius 2 is 1.88 bits per heavy atom. The Labute approximate surface area is 152 Å². The molecule has 3 rings (SSSR count). The number of hydrogen-bond donors (Lipinski definition) is 2. The molecule has 9 heteroatoms. The SMILES string of the molecule is COc1cccc(OC)c1C(=O)Nc1nc(C)c(-c2csc(N)n2)s1. The van der Waals surface area contributed by atoms with Gasteiger partial charge in [0.25, 0.3) is 5.91 Å². The maximum atomic E-state index is 12.7. The molecule has 0 saturated carbocycles. The minimum atomic E-state index is -0.354. The molecule has 2 aromatic heterocycles. The molecule has 2 heterocycles. The lowest BCUT2D eigenvalue weighted by Crippen LogP contribution is -2.14. The highest BCUT2D eigenvalue weighted by atomic mass is 32.1. The molecule has 3 aromatic rings. The normalized spacial score (nSPS) is 10.5. The van der Waals surface area contributed by atoms with Gasteiger partial charge in [-0.25, -0.2) is 9.97 Å². The van der Waals surface area contributed by atoms with Gasteiger partial charge in [-0.3, -0.25) is 10.1 Å². The Bertz CT molecular complexity index is 898. The fourth-order valence-corrected chi connectivity index (χ4v) is 3.86. The van der Waals surface area contributed by atoms with Crippen LogP contribution in [0.4, 0.5) is 10.3 Å². The molecule has 130 valence electrons. The highest BCUT2D eigenvalue weighted by molar-refractivity contribution is 7.19. The zero-order valence-corrected chi connectivity index (χ0v) is 15.5. The Balaban J connectivity index is 1.90.